The van der Waals surface area contributed by atoms with Crippen molar-refractivity contribution in [2.75, 3.05) is 11.8 Å². The van der Waals surface area contributed by atoms with Gasteiger partial charge in [-0.15, -0.1) is 0 Å². The molecule has 0 spiro atoms. The Balaban J connectivity index is 2.15. The Bertz CT molecular complexity index is 856. The summed E-state index contributed by atoms with van der Waals surface area (Å²) in [6.45, 7) is 0. The summed E-state index contributed by atoms with van der Waals surface area (Å²) in [5.74, 6) is -1.07. The second-order valence-corrected chi connectivity index (χ2v) is 6.40. The molecule has 0 heterocycles. The van der Waals surface area contributed by atoms with Gasteiger partial charge in [-0.05, 0) is 42.5 Å². The second kappa shape index (κ2) is 7.56. The summed E-state index contributed by atoms with van der Waals surface area (Å²) in [6.07, 6.45) is 2.07. The Morgan fingerprint density at radius 1 is 0.958 bits per heavy atom. The summed E-state index contributed by atoms with van der Waals surface area (Å²) in [5.41, 5.74) is 0.701. The molecule has 24 heavy (non-hydrogen) atoms. The van der Waals surface area contributed by atoms with E-state index in [-0.39, 0.29) is 10.5 Å². The molecular formula is C17H15NO5S. The molecule has 0 atom stereocenters. The highest BCUT2D eigenvalue weighted by Gasteiger charge is 2.14. The number of allylic oxidation sites excluding steroid dienone is 1. The van der Waals surface area contributed by atoms with Crippen molar-refractivity contribution in [1.29, 1.82) is 0 Å². The van der Waals surface area contributed by atoms with Crippen molar-refractivity contribution >= 4 is 27.5 Å². The Labute approximate surface area is 139 Å². The van der Waals surface area contributed by atoms with Crippen LogP contribution in [0.15, 0.2) is 71.6 Å². The first-order chi connectivity index (χ1) is 11.4. The van der Waals surface area contributed by atoms with E-state index in [0.717, 1.165) is 12.2 Å². The second-order valence-electron chi connectivity index (χ2n) is 4.72. The van der Waals surface area contributed by atoms with Crippen LogP contribution in [0.4, 0.5) is 5.69 Å². The zero-order valence-corrected chi connectivity index (χ0v) is 13.6. The molecule has 0 saturated carbocycles. The average molecular weight is 345 g/mol. The van der Waals surface area contributed by atoms with Crippen LogP contribution in [-0.4, -0.2) is 27.3 Å². The lowest BCUT2D eigenvalue weighted by molar-refractivity contribution is -0.134. The zero-order chi connectivity index (χ0) is 17.6. The summed E-state index contributed by atoms with van der Waals surface area (Å²) >= 11 is 0. The van der Waals surface area contributed by atoms with E-state index in [4.69, 9.17) is 0 Å². The van der Waals surface area contributed by atoms with Gasteiger partial charge in [-0.25, -0.2) is 13.2 Å². The number of para-hydroxylation sites is 1. The monoisotopic (exact) mass is 345 g/mol. The van der Waals surface area contributed by atoms with Gasteiger partial charge in [0.2, 0.25) is 0 Å². The normalized spacial score (nSPS) is 11.2. The van der Waals surface area contributed by atoms with E-state index in [1.165, 1.54) is 31.4 Å². The standard InChI is InChI=1S/C17H15NO5S/c1-23-17(20)12-11-16(19)13-7-9-15(10-8-13)24(21,22)18-14-5-3-2-4-6-14/h2-12,18H,1H3/b12-11+. The van der Waals surface area contributed by atoms with E-state index < -0.39 is 21.8 Å². The Morgan fingerprint density at radius 3 is 2.17 bits per heavy atom. The van der Waals surface area contributed by atoms with Crippen molar-refractivity contribution in [3.8, 4) is 0 Å². The number of ether oxygens (including phenoxy) is 1. The number of carbonyl (C=O) groups is 2. The number of hydrogen-bond acceptors (Lipinski definition) is 5. The Morgan fingerprint density at radius 2 is 1.58 bits per heavy atom. The SMILES string of the molecule is COC(=O)/C=C/C(=O)c1ccc(S(=O)(=O)Nc2ccccc2)cc1. The van der Waals surface area contributed by atoms with Gasteiger partial charge in [-0.3, -0.25) is 9.52 Å². The number of hydrogen-bond donors (Lipinski definition) is 1. The molecule has 2 aromatic rings. The van der Waals surface area contributed by atoms with Crippen molar-refractivity contribution in [1.82, 2.24) is 0 Å². The number of sulfonamides is 1. The molecule has 0 radical (unpaired) electrons. The highest BCUT2D eigenvalue weighted by atomic mass is 32.2. The van der Waals surface area contributed by atoms with Gasteiger partial charge in [-0.2, -0.15) is 0 Å². The third kappa shape index (κ3) is 4.53. The molecule has 0 bridgehead atoms. The fraction of sp³-hybridized carbons (Fsp3) is 0.0588. The van der Waals surface area contributed by atoms with Crippen molar-refractivity contribution in [2.45, 2.75) is 4.90 Å². The minimum absolute atomic E-state index is 0.0276. The number of methoxy groups -OCH3 is 1. The topological polar surface area (TPSA) is 89.5 Å². The molecule has 2 rings (SSSR count). The highest BCUT2D eigenvalue weighted by molar-refractivity contribution is 7.92. The highest BCUT2D eigenvalue weighted by Crippen LogP contribution is 2.16. The number of nitrogens with one attached hydrogen (secondary N) is 1. The van der Waals surface area contributed by atoms with Crippen LogP contribution in [0.1, 0.15) is 10.4 Å². The summed E-state index contributed by atoms with van der Waals surface area (Å²) < 4.78 is 31.4. The third-order valence-electron chi connectivity index (χ3n) is 3.05. The summed E-state index contributed by atoms with van der Waals surface area (Å²) in [7, 11) is -2.53. The molecule has 7 heteroatoms. The van der Waals surface area contributed by atoms with E-state index >= 15 is 0 Å². The lowest BCUT2D eigenvalue weighted by Crippen LogP contribution is -2.13. The molecule has 0 fully saturated rings. The van der Waals surface area contributed by atoms with Crippen LogP contribution in [0.2, 0.25) is 0 Å². The van der Waals surface area contributed by atoms with Crippen molar-refractivity contribution < 1.29 is 22.7 Å². The maximum atomic E-state index is 12.3. The number of rotatable bonds is 6. The van der Waals surface area contributed by atoms with Crippen molar-refractivity contribution in [2.24, 2.45) is 0 Å². The molecule has 2 aromatic carbocycles. The first-order valence-electron chi connectivity index (χ1n) is 6.90. The molecule has 0 aliphatic carbocycles. The van der Waals surface area contributed by atoms with E-state index in [0.29, 0.717) is 5.69 Å². The van der Waals surface area contributed by atoms with Crippen molar-refractivity contribution in [3.63, 3.8) is 0 Å². The van der Waals surface area contributed by atoms with Crippen LogP contribution in [-0.2, 0) is 19.6 Å². The molecule has 0 saturated heterocycles. The lowest BCUT2D eigenvalue weighted by atomic mass is 10.1. The Kier molecular flexibility index (Phi) is 5.49. The minimum Gasteiger partial charge on any atom is -0.466 e. The van der Waals surface area contributed by atoms with E-state index in [9.17, 15) is 18.0 Å². The largest absolute Gasteiger partial charge is 0.466 e. The maximum Gasteiger partial charge on any atom is 0.330 e. The molecule has 0 aliphatic rings. The fourth-order valence-electron chi connectivity index (χ4n) is 1.83. The minimum atomic E-state index is -3.74. The number of anilines is 1. The van der Waals surface area contributed by atoms with Crippen LogP contribution in [0, 0.1) is 0 Å². The van der Waals surface area contributed by atoms with Gasteiger partial charge in [0.25, 0.3) is 10.0 Å². The van der Waals surface area contributed by atoms with E-state index in [2.05, 4.69) is 9.46 Å². The molecule has 1 N–H and O–H groups in total. The van der Waals surface area contributed by atoms with Gasteiger partial charge in [0.1, 0.15) is 0 Å². The van der Waals surface area contributed by atoms with Gasteiger partial charge >= 0.3 is 5.97 Å². The molecule has 0 aromatic heterocycles. The van der Waals surface area contributed by atoms with Crippen LogP contribution in [0.3, 0.4) is 0 Å². The molecule has 6 nitrogen and oxygen atoms in total. The first kappa shape index (κ1) is 17.4. The summed E-state index contributed by atoms with van der Waals surface area (Å²) in [4.78, 5) is 22.8. The molecule has 0 unspecified atom stereocenters. The van der Waals surface area contributed by atoms with Gasteiger partial charge < -0.3 is 4.74 Å². The first-order valence-corrected chi connectivity index (χ1v) is 8.39. The van der Waals surface area contributed by atoms with Gasteiger partial charge in [0.05, 0.1) is 12.0 Å². The molecule has 0 aliphatic heterocycles. The predicted molar refractivity (Wildman–Crippen MR) is 89.2 cm³/mol. The number of esters is 1. The van der Waals surface area contributed by atoms with Crippen LogP contribution in [0.5, 0.6) is 0 Å². The van der Waals surface area contributed by atoms with Crippen molar-refractivity contribution in [3.05, 3.63) is 72.3 Å². The van der Waals surface area contributed by atoms with Gasteiger partial charge in [0, 0.05) is 17.3 Å². The average Bonchev–Trinajstić information content (AvgIpc) is 2.60. The van der Waals surface area contributed by atoms with E-state index in [1.807, 2.05) is 0 Å². The maximum absolute atomic E-state index is 12.3. The third-order valence-corrected chi connectivity index (χ3v) is 4.44. The lowest BCUT2D eigenvalue weighted by Gasteiger charge is -2.08. The summed E-state index contributed by atoms with van der Waals surface area (Å²) in [5, 5.41) is 0. The summed E-state index contributed by atoms with van der Waals surface area (Å²) in [6, 6.07) is 13.9. The Hall–Kier alpha value is -2.93. The van der Waals surface area contributed by atoms with Crippen LogP contribution >= 0.6 is 0 Å². The smallest absolute Gasteiger partial charge is 0.330 e. The molecule has 124 valence electrons. The van der Waals surface area contributed by atoms with Gasteiger partial charge in [0.15, 0.2) is 5.78 Å². The molecule has 0 amide bonds. The predicted octanol–water partition coefficient (Wildman–Crippen LogP) is 2.40. The quantitative estimate of drug-likeness (QED) is 0.493. The van der Waals surface area contributed by atoms with Gasteiger partial charge in [-0.1, -0.05) is 18.2 Å². The fourth-order valence-corrected chi connectivity index (χ4v) is 2.89. The number of carbonyl (C=O) groups excluding carboxylic acids is 2. The van der Waals surface area contributed by atoms with Crippen LogP contribution < -0.4 is 4.72 Å². The number of ketones is 1. The molecular weight excluding hydrogens is 330 g/mol. The number of benzene rings is 2. The van der Waals surface area contributed by atoms with E-state index in [1.54, 1.807) is 30.3 Å². The zero-order valence-electron chi connectivity index (χ0n) is 12.8. The van der Waals surface area contributed by atoms with Crippen LogP contribution in [0.25, 0.3) is 0 Å².